The molecular weight excluding hydrogens is 362 g/mol. The molecule has 0 N–H and O–H groups in total. The van der Waals surface area contributed by atoms with Crippen LogP contribution in [0.25, 0.3) is 0 Å². The Kier molecular flexibility index (Phi) is 6.51. The first kappa shape index (κ1) is 21.1. The first-order chi connectivity index (χ1) is 13.1. The van der Waals surface area contributed by atoms with E-state index in [1.807, 2.05) is 34.6 Å². The fourth-order valence-corrected chi connectivity index (χ4v) is 3.04. The molecule has 148 valence electrons. The number of benzene rings is 2. The number of para-hydroxylation sites is 2. The lowest BCUT2D eigenvalue weighted by atomic mass is 9.88. The third-order valence-corrected chi connectivity index (χ3v) is 5.05. The molecule has 0 amide bonds. The van der Waals surface area contributed by atoms with E-state index in [4.69, 9.17) is 9.47 Å². The average molecular weight is 385 g/mol. The Morgan fingerprint density at radius 1 is 0.893 bits per heavy atom. The summed E-state index contributed by atoms with van der Waals surface area (Å²) < 4.78 is 10.2. The van der Waals surface area contributed by atoms with E-state index in [0.717, 1.165) is 27.8 Å². The second-order valence-electron chi connectivity index (χ2n) is 6.60. The van der Waals surface area contributed by atoms with Gasteiger partial charge in [0.25, 0.3) is 0 Å². The molecule has 0 heterocycles. The van der Waals surface area contributed by atoms with Gasteiger partial charge in [0, 0.05) is 11.6 Å². The second-order valence-corrected chi connectivity index (χ2v) is 6.60. The summed E-state index contributed by atoms with van der Waals surface area (Å²) in [6.07, 6.45) is 0. The predicted molar refractivity (Wildman–Crippen MR) is 104 cm³/mol. The maximum absolute atomic E-state index is 12.6. The molecule has 0 saturated carbocycles. The van der Waals surface area contributed by atoms with Gasteiger partial charge in [0.1, 0.15) is 0 Å². The van der Waals surface area contributed by atoms with Crippen molar-refractivity contribution in [1.29, 1.82) is 0 Å². The number of Topliss-reactive ketones (excluding diaryl/α,β-unsaturated/α-hetero) is 1. The van der Waals surface area contributed by atoms with Crippen molar-refractivity contribution in [3.8, 4) is 5.75 Å². The molecule has 0 fully saturated rings. The van der Waals surface area contributed by atoms with Gasteiger partial charge in [0.2, 0.25) is 5.78 Å². The number of hydrogen-bond acceptors (Lipinski definition) is 6. The van der Waals surface area contributed by atoms with Crippen molar-refractivity contribution >= 4 is 17.4 Å². The fourth-order valence-electron chi connectivity index (χ4n) is 3.04. The summed E-state index contributed by atoms with van der Waals surface area (Å²) in [7, 11) is 0. The third kappa shape index (κ3) is 4.36. The van der Waals surface area contributed by atoms with Crippen molar-refractivity contribution in [3.05, 3.63) is 67.8 Å². The van der Waals surface area contributed by atoms with Gasteiger partial charge in [0.15, 0.2) is 19.0 Å². The molecule has 2 aromatic carbocycles. The van der Waals surface area contributed by atoms with Gasteiger partial charge in [-0.3, -0.25) is 14.9 Å². The molecule has 2 aromatic rings. The number of ether oxygens (including phenoxy) is 2. The summed E-state index contributed by atoms with van der Waals surface area (Å²) in [5.41, 5.74) is 5.28. The molecule has 7 heteroatoms. The van der Waals surface area contributed by atoms with Gasteiger partial charge in [-0.1, -0.05) is 12.1 Å². The highest BCUT2D eigenvalue weighted by atomic mass is 16.6. The molecule has 0 aromatic heterocycles. The van der Waals surface area contributed by atoms with E-state index in [1.165, 1.54) is 18.2 Å². The molecule has 0 aliphatic heterocycles. The number of nitro groups is 1. The SMILES string of the molecule is Cc1c(C)c(C)c(C(=O)COC(=O)COc2ccccc2[N+](=O)[O-])c(C)c1C. The molecule has 2 rings (SSSR count). The van der Waals surface area contributed by atoms with Gasteiger partial charge in [-0.05, 0) is 68.5 Å². The Balaban J connectivity index is 2.03. The summed E-state index contributed by atoms with van der Waals surface area (Å²) in [4.78, 5) is 34.9. The van der Waals surface area contributed by atoms with Crippen LogP contribution in [0.15, 0.2) is 24.3 Å². The zero-order chi connectivity index (χ0) is 21.0. The fraction of sp³-hybridized carbons (Fsp3) is 0.333. The van der Waals surface area contributed by atoms with E-state index in [-0.39, 0.29) is 17.2 Å². The Labute approximate surface area is 163 Å². The molecule has 0 radical (unpaired) electrons. The van der Waals surface area contributed by atoms with Crippen LogP contribution < -0.4 is 4.74 Å². The minimum Gasteiger partial charge on any atom is -0.475 e. The Morgan fingerprint density at radius 2 is 1.43 bits per heavy atom. The van der Waals surface area contributed by atoms with E-state index in [2.05, 4.69) is 0 Å². The number of carbonyl (C=O) groups excluding carboxylic acids is 2. The summed E-state index contributed by atoms with van der Waals surface area (Å²) in [6.45, 7) is 8.74. The minimum absolute atomic E-state index is 0.0350. The van der Waals surface area contributed by atoms with Crippen LogP contribution in [-0.2, 0) is 9.53 Å². The van der Waals surface area contributed by atoms with Crippen LogP contribution in [0.1, 0.15) is 38.2 Å². The highest BCUT2D eigenvalue weighted by Gasteiger charge is 2.20. The number of nitrogens with zero attached hydrogens (tertiary/aromatic N) is 1. The second kappa shape index (κ2) is 8.65. The molecule has 0 saturated heterocycles. The van der Waals surface area contributed by atoms with Crippen molar-refractivity contribution in [2.45, 2.75) is 34.6 Å². The minimum atomic E-state index is -0.776. The Hall–Kier alpha value is -3.22. The monoisotopic (exact) mass is 385 g/mol. The van der Waals surface area contributed by atoms with E-state index < -0.39 is 24.1 Å². The van der Waals surface area contributed by atoms with Gasteiger partial charge in [-0.15, -0.1) is 0 Å². The largest absolute Gasteiger partial charge is 0.475 e. The molecule has 0 aliphatic rings. The molecule has 0 spiro atoms. The lowest BCUT2D eigenvalue weighted by Crippen LogP contribution is -2.21. The van der Waals surface area contributed by atoms with E-state index >= 15 is 0 Å². The van der Waals surface area contributed by atoms with Crippen molar-refractivity contribution in [3.63, 3.8) is 0 Å². The summed E-state index contributed by atoms with van der Waals surface area (Å²) >= 11 is 0. The zero-order valence-electron chi connectivity index (χ0n) is 16.6. The summed E-state index contributed by atoms with van der Waals surface area (Å²) in [6, 6.07) is 5.72. The normalized spacial score (nSPS) is 10.5. The number of ketones is 1. The number of esters is 1. The molecule has 0 atom stereocenters. The molecule has 0 unspecified atom stereocenters. The van der Waals surface area contributed by atoms with Crippen LogP contribution in [0, 0.1) is 44.7 Å². The van der Waals surface area contributed by atoms with E-state index in [9.17, 15) is 19.7 Å². The number of hydrogen-bond donors (Lipinski definition) is 0. The number of nitro benzene ring substituents is 1. The Bertz CT molecular complexity index is 919. The van der Waals surface area contributed by atoms with Crippen LogP contribution in [0.3, 0.4) is 0 Å². The lowest BCUT2D eigenvalue weighted by Gasteiger charge is -2.17. The van der Waals surface area contributed by atoms with Crippen LogP contribution in [0.4, 0.5) is 5.69 Å². The average Bonchev–Trinajstić information content (AvgIpc) is 2.67. The maximum Gasteiger partial charge on any atom is 0.344 e. The summed E-state index contributed by atoms with van der Waals surface area (Å²) in [5, 5.41) is 10.9. The smallest absolute Gasteiger partial charge is 0.344 e. The van der Waals surface area contributed by atoms with E-state index in [0.29, 0.717) is 5.56 Å². The third-order valence-electron chi connectivity index (χ3n) is 5.05. The van der Waals surface area contributed by atoms with Crippen molar-refractivity contribution < 1.29 is 24.0 Å². The van der Waals surface area contributed by atoms with E-state index in [1.54, 1.807) is 6.07 Å². The van der Waals surface area contributed by atoms with Gasteiger partial charge >= 0.3 is 11.7 Å². The quantitative estimate of drug-likeness (QED) is 0.310. The topological polar surface area (TPSA) is 95.7 Å². The Morgan fingerprint density at radius 3 is 2.00 bits per heavy atom. The van der Waals surface area contributed by atoms with Crippen molar-refractivity contribution in [2.24, 2.45) is 0 Å². The highest BCUT2D eigenvalue weighted by molar-refractivity contribution is 6.01. The first-order valence-corrected chi connectivity index (χ1v) is 8.77. The van der Waals surface area contributed by atoms with Gasteiger partial charge < -0.3 is 9.47 Å². The van der Waals surface area contributed by atoms with Gasteiger partial charge in [-0.2, -0.15) is 0 Å². The predicted octanol–water partition coefficient (Wildman–Crippen LogP) is 3.94. The first-order valence-electron chi connectivity index (χ1n) is 8.77. The molecular formula is C21H23NO6. The summed E-state index contributed by atoms with van der Waals surface area (Å²) in [5.74, 6) is -1.10. The van der Waals surface area contributed by atoms with Crippen molar-refractivity contribution in [2.75, 3.05) is 13.2 Å². The number of rotatable bonds is 7. The van der Waals surface area contributed by atoms with Crippen molar-refractivity contribution in [1.82, 2.24) is 0 Å². The van der Waals surface area contributed by atoms with Gasteiger partial charge in [-0.25, -0.2) is 4.79 Å². The van der Waals surface area contributed by atoms with Crippen LogP contribution in [0.5, 0.6) is 5.75 Å². The maximum atomic E-state index is 12.6. The highest BCUT2D eigenvalue weighted by Crippen LogP contribution is 2.27. The number of carbonyl (C=O) groups is 2. The van der Waals surface area contributed by atoms with Gasteiger partial charge in [0.05, 0.1) is 4.92 Å². The molecule has 28 heavy (non-hydrogen) atoms. The standard InChI is InChI=1S/C21H23NO6/c1-12-13(2)15(4)21(16(5)14(12)3)18(23)10-28-20(24)11-27-19-9-7-6-8-17(19)22(25)26/h6-9H,10-11H2,1-5H3. The van der Waals surface area contributed by atoms with Crippen LogP contribution >= 0.6 is 0 Å². The molecule has 0 bridgehead atoms. The molecule has 0 aliphatic carbocycles. The zero-order valence-corrected chi connectivity index (χ0v) is 16.6. The lowest BCUT2D eigenvalue weighted by molar-refractivity contribution is -0.385. The molecule has 7 nitrogen and oxygen atoms in total. The van der Waals surface area contributed by atoms with Crippen LogP contribution in [-0.4, -0.2) is 29.9 Å². The van der Waals surface area contributed by atoms with Crippen LogP contribution in [0.2, 0.25) is 0 Å².